The Morgan fingerprint density at radius 2 is 1.84 bits per heavy atom. The van der Waals surface area contributed by atoms with Gasteiger partial charge in [-0.2, -0.15) is 17.7 Å². The molecule has 1 aromatic carbocycles. The van der Waals surface area contributed by atoms with Crippen LogP contribution in [0.5, 0.6) is 0 Å². The van der Waals surface area contributed by atoms with Gasteiger partial charge in [0.25, 0.3) is 11.7 Å². The van der Waals surface area contributed by atoms with E-state index in [0.29, 0.717) is 16.6 Å². The van der Waals surface area contributed by atoms with Crippen molar-refractivity contribution in [3.63, 3.8) is 0 Å². The molecule has 10 heteroatoms. The number of carbonyl (C=O) groups excluding carboxylic acids is 1. The van der Waals surface area contributed by atoms with Gasteiger partial charge in [-0.25, -0.2) is 0 Å². The number of anilines is 1. The summed E-state index contributed by atoms with van der Waals surface area (Å²) < 4.78 is 39.2. The predicted molar refractivity (Wildman–Crippen MR) is 82.9 cm³/mol. The Morgan fingerprint density at radius 3 is 2.48 bits per heavy atom. The maximum Gasteiger partial charge on any atom is 0.453 e. The number of benzene rings is 1. The van der Waals surface area contributed by atoms with Crippen LogP contribution in [0.15, 0.2) is 36.4 Å². The molecule has 0 spiro atoms. The van der Waals surface area contributed by atoms with Gasteiger partial charge in [0.15, 0.2) is 5.65 Å². The normalized spacial score (nSPS) is 11.5. The molecule has 0 bridgehead atoms. The number of nitrogens with zero attached hydrogens (tertiary/aromatic N) is 4. The zero-order valence-electron chi connectivity index (χ0n) is 13.0. The number of alkyl halides is 3. The van der Waals surface area contributed by atoms with Crippen molar-refractivity contribution in [2.45, 2.75) is 12.7 Å². The third kappa shape index (κ3) is 3.52. The number of aromatic nitrogens is 4. The van der Waals surface area contributed by atoms with E-state index in [9.17, 15) is 18.0 Å². The highest BCUT2D eigenvalue weighted by molar-refractivity contribution is 5.93. The van der Waals surface area contributed by atoms with Crippen molar-refractivity contribution in [1.82, 2.24) is 25.1 Å². The van der Waals surface area contributed by atoms with E-state index in [1.807, 2.05) is 0 Å². The van der Waals surface area contributed by atoms with Crippen LogP contribution in [-0.2, 0) is 12.7 Å². The first-order valence-corrected chi connectivity index (χ1v) is 7.23. The minimum atomic E-state index is -4.64. The molecule has 0 atom stereocenters. The Balaban J connectivity index is 1.76. The molecule has 0 aliphatic rings. The number of hydrogen-bond donors (Lipinski definition) is 2. The SMILES string of the molecule is CNC(=O)c1ccc(CNc2ccc3nnc(C(F)(F)F)n3n2)cc1. The summed E-state index contributed by atoms with van der Waals surface area (Å²) in [5.41, 5.74) is 1.37. The Morgan fingerprint density at radius 1 is 1.12 bits per heavy atom. The van der Waals surface area contributed by atoms with Crippen molar-refractivity contribution in [2.75, 3.05) is 12.4 Å². The molecule has 2 aromatic heterocycles. The van der Waals surface area contributed by atoms with Crippen LogP contribution in [0.25, 0.3) is 5.65 Å². The van der Waals surface area contributed by atoms with Crippen LogP contribution in [0.3, 0.4) is 0 Å². The number of amides is 1. The number of hydrogen-bond acceptors (Lipinski definition) is 5. The summed E-state index contributed by atoms with van der Waals surface area (Å²) in [7, 11) is 1.54. The summed E-state index contributed by atoms with van der Waals surface area (Å²) in [6.07, 6.45) is -4.64. The Hall–Kier alpha value is -3.17. The predicted octanol–water partition coefficient (Wildman–Crippen LogP) is 2.11. The van der Waals surface area contributed by atoms with Gasteiger partial charge in [0, 0.05) is 19.2 Å². The zero-order valence-corrected chi connectivity index (χ0v) is 13.0. The molecule has 0 saturated heterocycles. The molecule has 25 heavy (non-hydrogen) atoms. The fourth-order valence-electron chi connectivity index (χ4n) is 2.17. The average molecular weight is 350 g/mol. The third-order valence-corrected chi connectivity index (χ3v) is 3.43. The first kappa shape index (κ1) is 16.7. The highest BCUT2D eigenvalue weighted by Crippen LogP contribution is 2.27. The Kier molecular flexibility index (Phi) is 4.26. The maximum absolute atomic E-state index is 12.8. The number of rotatable bonds is 4. The first-order valence-electron chi connectivity index (χ1n) is 7.23. The molecule has 3 aromatic rings. The van der Waals surface area contributed by atoms with E-state index in [0.717, 1.165) is 5.56 Å². The first-order chi connectivity index (χ1) is 11.9. The summed E-state index contributed by atoms with van der Waals surface area (Å²) in [5, 5.41) is 15.9. The van der Waals surface area contributed by atoms with E-state index in [4.69, 9.17) is 0 Å². The van der Waals surface area contributed by atoms with Crippen molar-refractivity contribution in [3.8, 4) is 0 Å². The largest absolute Gasteiger partial charge is 0.453 e. The molecule has 2 N–H and O–H groups in total. The second kappa shape index (κ2) is 6.38. The van der Waals surface area contributed by atoms with Gasteiger partial charge >= 0.3 is 6.18 Å². The minimum absolute atomic E-state index is 0.00723. The molecular weight excluding hydrogens is 337 g/mol. The van der Waals surface area contributed by atoms with Crippen LogP contribution in [0, 0.1) is 0 Å². The van der Waals surface area contributed by atoms with Crippen molar-refractivity contribution in [1.29, 1.82) is 0 Å². The smallest absolute Gasteiger partial charge is 0.365 e. The number of fused-ring (bicyclic) bond motifs is 1. The van der Waals surface area contributed by atoms with Crippen molar-refractivity contribution >= 4 is 17.4 Å². The highest BCUT2D eigenvalue weighted by Gasteiger charge is 2.37. The number of nitrogens with one attached hydrogen (secondary N) is 2. The topological polar surface area (TPSA) is 84.2 Å². The van der Waals surface area contributed by atoms with Crippen molar-refractivity contribution in [2.24, 2.45) is 0 Å². The van der Waals surface area contributed by atoms with Crippen LogP contribution in [0.2, 0.25) is 0 Å². The van der Waals surface area contributed by atoms with E-state index in [-0.39, 0.29) is 17.4 Å². The molecule has 2 heterocycles. The fraction of sp³-hybridized carbons (Fsp3) is 0.200. The minimum Gasteiger partial charge on any atom is -0.365 e. The maximum atomic E-state index is 12.8. The van der Waals surface area contributed by atoms with E-state index in [2.05, 4.69) is 25.9 Å². The summed E-state index contributed by atoms with van der Waals surface area (Å²) in [6.45, 7) is 0.329. The standard InChI is InChI=1S/C15H13F3N6O/c1-19-13(25)10-4-2-9(3-5-10)8-20-11-6-7-12-21-22-14(15(16,17)18)24(12)23-11/h2-7H,8H2,1H3,(H,19,25)(H,20,23). The van der Waals surface area contributed by atoms with Gasteiger partial charge in [0.1, 0.15) is 5.82 Å². The second-order valence-corrected chi connectivity index (χ2v) is 5.14. The molecular formula is C15H13F3N6O. The van der Waals surface area contributed by atoms with Gasteiger partial charge < -0.3 is 10.6 Å². The van der Waals surface area contributed by atoms with Gasteiger partial charge in [-0.3, -0.25) is 4.79 Å². The third-order valence-electron chi connectivity index (χ3n) is 3.43. The number of halogens is 3. The van der Waals surface area contributed by atoms with E-state index in [1.165, 1.54) is 12.1 Å². The van der Waals surface area contributed by atoms with Crippen LogP contribution >= 0.6 is 0 Å². The van der Waals surface area contributed by atoms with Gasteiger partial charge in [0.05, 0.1) is 0 Å². The monoisotopic (exact) mass is 350 g/mol. The quantitative estimate of drug-likeness (QED) is 0.753. The second-order valence-electron chi connectivity index (χ2n) is 5.14. The van der Waals surface area contributed by atoms with Crippen LogP contribution < -0.4 is 10.6 Å². The molecule has 0 fully saturated rings. The number of carbonyl (C=O) groups is 1. The zero-order chi connectivity index (χ0) is 18.0. The lowest BCUT2D eigenvalue weighted by molar-refractivity contribution is -0.146. The van der Waals surface area contributed by atoms with Gasteiger partial charge in [-0.05, 0) is 29.8 Å². The highest BCUT2D eigenvalue weighted by atomic mass is 19.4. The van der Waals surface area contributed by atoms with Gasteiger partial charge in [-0.1, -0.05) is 12.1 Å². The van der Waals surface area contributed by atoms with Crippen LogP contribution in [0.1, 0.15) is 21.7 Å². The molecule has 1 amide bonds. The van der Waals surface area contributed by atoms with Gasteiger partial charge in [0.2, 0.25) is 0 Å². The Labute approximate surface area is 139 Å². The summed E-state index contributed by atoms with van der Waals surface area (Å²) in [6, 6.07) is 9.73. The van der Waals surface area contributed by atoms with Gasteiger partial charge in [-0.15, -0.1) is 15.3 Å². The lowest BCUT2D eigenvalue weighted by Crippen LogP contribution is -2.17. The fourth-order valence-corrected chi connectivity index (χ4v) is 2.17. The van der Waals surface area contributed by atoms with E-state index >= 15 is 0 Å². The molecule has 0 aliphatic carbocycles. The molecule has 0 saturated carbocycles. The summed E-state index contributed by atoms with van der Waals surface area (Å²) in [5.74, 6) is -1.13. The molecule has 0 aliphatic heterocycles. The molecule has 0 unspecified atom stereocenters. The summed E-state index contributed by atoms with van der Waals surface area (Å²) >= 11 is 0. The molecule has 3 rings (SSSR count). The van der Waals surface area contributed by atoms with Crippen molar-refractivity contribution < 1.29 is 18.0 Å². The average Bonchev–Trinajstić information content (AvgIpc) is 3.03. The van der Waals surface area contributed by atoms with Crippen molar-refractivity contribution in [3.05, 3.63) is 53.3 Å². The van der Waals surface area contributed by atoms with Crippen LogP contribution in [0.4, 0.5) is 19.0 Å². The van der Waals surface area contributed by atoms with E-state index in [1.54, 1.807) is 31.3 Å². The lowest BCUT2D eigenvalue weighted by Gasteiger charge is -2.08. The Bertz CT molecular complexity index is 904. The molecule has 130 valence electrons. The van der Waals surface area contributed by atoms with E-state index < -0.39 is 12.0 Å². The van der Waals surface area contributed by atoms with Crippen LogP contribution in [-0.4, -0.2) is 32.8 Å². The molecule has 0 radical (unpaired) electrons. The molecule has 7 nitrogen and oxygen atoms in total. The lowest BCUT2D eigenvalue weighted by atomic mass is 10.1. The summed E-state index contributed by atoms with van der Waals surface area (Å²) in [4.78, 5) is 11.5.